The maximum absolute atomic E-state index is 12.6. The summed E-state index contributed by atoms with van der Waals surface area (Å²) in [6.07, 6.45) is 3.76. The van der Waals surface area contributed by atoms with Gasteiger partial charge in [-0.05, 0) is 56.5 Å². The second-order valence-corrected chi connectivity index (χ2v) is 7.72. The Morgan fingerprint density at radius 2 is 2.03 bits per heavy atom. The van der Waals surface area contributed by atoms with E-state index >= 15 is 0 Å². The Labute approximate surface area is 179 Å². The number of amides is 2. The van der Waals surface area contributed by atoms with Crippen LogP contribution in [0.1, 0.15) is 35.8 Å². The molecule has 1 aromatic heterocycles. The average molecular weight is 418 g/mol. The lowest BCUT2D eigenvalue weighted by atomic mass is 10.1. The second kappa shape index (κ2) is 8.11. The van der Waals surface area contributed by atoms with Crippen molar-refractivity contribution in [1.82, 2.24) is 4.57 Å². The van der Waals surface area contributed by atoms with Gasteiger partial charge in [0.25, 0.3) is 5.91 Å². The molecule has 1 aliphatic heterocycles. The summed E-state index contributed by atoms with van der Waals surface area (Å²) >= 11 is 0. The lowest BCUT2D eigenvalue weighted by Gasteiger charge is -2.28. The zero-order valence-corrected chi connectivity index (χ0v) is 17.3. The monoisotopic (exact) mass is 418 g/mol. The smallest absolute Gasteiger partial charge is 0.349 e. The third kappa shape index (κ3) is 4.08. The van der Waals surface area contributed by atoms with Gasteiger partial charge in [0.1, 0.15) is 18.2 Å². The standard InChI is InChI=1S/C23H22N4O4/c1-14-9-16(15(2)27(14)18-7-8-18)10-17(11-24)23(30)31-13-22(29)26-12-21(28)25-19-5-3-4-6-20(19)26/h3-6,9-10,18H,7-8,12-13H2,1-2H3,(H,25,28)/b17-10+. The van der Waals surface area contributed by atoms with Crippen molar-refractivity contribution in [1.29, 1.82) is 5.26 Å². The zero-order chi connectivity index (χ0) is 22.1. The Morgan fingerprint density at radius 1 is 1.29 bits per heavy atom. The highest BCUT2D eigenvalue weighted by Gasteiger charge is 2.28. The van der Waals surface area contributed by atoms with Crippen LogP contribution in [0.4, 0.5) is 11.4 Å². The number of hydrogen-bond donors (Lipinski definition) is 1. The molecule has 0 unspecified atom stereocenters. The number of para-hydroxylation sites is 2. The zero-order valence-electron chi connectivity index (χ0n) is 17.3. The summed E-state index contributed by atoms with van der Waals surface area (Å²) in [7, 11) is 0. The normalized spacial score (nSPS) is 15.7. The van der Waals surface area contributed by atoms with Gasteiger partial charge in [0.15, 0.2) is 6.61 Å². The van der Waals surface area contributed by atoms with E-state index in [0.717, 1.165) is 29.8 Å². The summed E-state index contributed by atoms with van der Waals surface area (Å²) in [5.41, 5.74) is 3.72. The number of nitrogens with zero attached hydrogens (tertiary/aromatic N) is 3. The summed E-state index contributed by atoms with van der Waals surface area (Å²) in [4.78, 5) is 38.2. The SMILES string of the molecule is Cc1cc(/C=C(\C#N)C(=O)OCC(=O)N2CC(=O)Nc3ccccc32)c(C)n1C1CC1. The van der Waals surface area contributed by atoms with Gasteiger partial charge in [0.05, 0.1) is 11.4 Å². The molecule has 0 radical (unpaired) electrons. The maximum Gasteiger partial charge on any atom is 0.349 e. The van der Waals surface area contributed by atoms with Gasteiger partial charge in [0, 0.05) is 17.4 Å². The Bertz CT molecular complexity index is 1150. The molecule has 1 N–H and O–H groups in total. The number of ether oxygens (including phenoxy) is 1. The number of fused-ring (bicyclic) bond motifs is 1. The highest BCUT2D eigenvalue weighted by atomic mass is 16.5. The molecule has 2 amide bonds. The van der Waals surface area contributed by atoms with E-state index in [1.165, 1.54) is 11.0 Å². The number of rotatable bonds is 5. The fraction of sp³-hybridized carbons (Fsp3) is 0.304. The van der Waals surface area contributed by atoms with Gasteiger partial charge >= 0.3 is 5.97 Å². The van der Waals surface area contributed by atoms with E-state index in [1.54, 1.807) is 24.3 Å². The molecule has 0 saturated heterocycles. The molecule has 0 atom stereocenters. The molecule has 2 aliphatic rings. The van der Waals surface area contributed by atoms with Gasteiger partial charge in [-0.15, -0.1) is 0 Å². The Hall–Kier alpha value is -3.86. The first-order valence-electron chi connectivity index (χ1n) is 10.1. The minimum Gasteiger partial charge on any atom is -0.451 e. The largest absolute Gasteiger partial charge is 0.451 e. The summed E-state index contributed by atoms with van der Waals surface area (Å²) in [5.74, 6) is -1.75. The second-order valence-electron chi connectivity index (χ2n) is 7.72. The van der Waals surface area contributed by atoms with Gasteiger partial charge in [0.2, 0.25) is 5.91 Å². The molecule has 31 heavy (non-hydrogen) atoms. The van der Waals surface area contributed by atoms with Crippen molar-refractivity contribution in [2.24, 2.45) is 0 Å². The van der Waals surface area contributed by atoms with E-state index in [9.17, 15) is 19.6 Å². The molecule has 158 valence electrons. The fourth-order valence-electron chi connectivity index (χ4n) is 3.87. The number of esters is 1. The molecule has 8 heteroatoms. The van der Waals surface area contributed by atoms with Gasteiger partial charge in [-0.3, -0.25) is 14.5 Å². The van der Waals surface area contributed by atoms with Crippen LogP contribution in [0.25, 0.3) is 6.08 Å². The van der Waals surface area contributed by atoms with Crippen LogP contribution in [0.2, 0.25) is 0 Å². The molecule has 2 aromatic rings. The molecule has 8 nitrogen and oxygen atoms in total. The predicted octanol–water partition coefficient (Wildman–Crippen LogP) is 2.88. The van der Waals surface area contributed by atoms with E-state index in [0.29, 0.717) is 17.4 Å². The number of aromatic nitrogens is 1. The molecule has 4 rings (SSSR count). The van der Waals surface area contributed by atoms with Gasteiger partial charge < -0.3 is 14.6 Å². The van der Waals surface area contributed by atoms with E-state index in [1.807, 2.05) is 26.0 Å². The Balaban J connectivity index is 1.46. The van der Waals surface area contributed by atoms with Crippen molar-refractivity contribution in [3.8, 4) is 6.07 Å². The number of hydrogen-bond acceptors (Lipinski definition) is 5. The minimum atomic E-state index is -0.873. The number of anilines is 2. The summed E-state index contributed by atoms with van der Waals surface area (Å²) < 4.78 is 7.33. The Morgan fingerprint density at radius 3 is 2.74 bits per heavy atom. The van der Waals surface area contributed by atoms with Crippen LogP contribution < -0.4 is 10.2 Å². The van der Waals surface area contributed by atoms with Crippen LogP contribution in [0.3, 0.4) is 0 Å². The average Bonchev–Trinajstić information content (AvgIpc) is 3.54. The van der Waals surface area contributed by atoms with Crippen molar-refractivity contribution >= 4 is 35.2 Å². The van der Waals surface area contributed by atoms with Crippen LogP contribution >= 0.6 is 0 Å². The molecular weight excluding hydrogens is 396 g/mol. The van der Waals surface area contributed by atoms with Gasteiger partial charge in [-0.1, -0.05) is 12.1 Å². The summed E-state index contributed by atoms with van der Waals surface area (Å²) in [6.45, 7) is 3.22. The number of carbonyl (C=O) groups excluding carboxylic acids is 3. The molecule has 2 heterocycles. The van der Waals surface area contributed by atoms with Crippen molar-refractivity contribution in [3.63, 3.8) is 0 Å². The van der Waals surface area contributed by atoms with Crippen LogP contribution in [-0.2, 0) is 19.1 Å². The Kier molecular flexibility index (Phi) is 5.34. The molecular formula is C23H22N4O4. The minimum absolute atomic E-state index is 0.165. The molecule has 0 spiro atoms. The number of nitrogens with one attached hydrogen (secondary N) is 1. The van der Waals surface area contributed by atoms with Gasteiger partial charge in [-0.2, -0.15) is 5.26 Å². The summed E-state index contributed by atoms with van der Waals surface area (Å²) in [5, 5.41) is 12.1. The fourth-order valence-corrected chi connectivity index (χ4v) is 3.87. The van der Waals surface area contributed by atoms with Crippen molar-refractivity contribution in [2.75, 3.05) is 23.4 Å². The van der Waals surface area contributed by atoms with Crippen LogP contribution in [0.5, 0.6) is 0 Å². The number of carbonyl (C=O) groups is 3. The van der Waals surface area contributed by atoms with Crippen molar-refractivity contribution in [3.05, 3.63) is 52.9 Å². The number of nitriles is 1. The number of aryl methyl sites for hydroxylation is 1. The molecule has 1 aliphatic carbocycles. The highest BCUT2D eigenvalue weighted by Crippen LogP contribution is 2.38. The predicted molar refractivity (Wildman–Crippen MR) is 114 cm³/mol. The van der Waals surface area contributed by atoms with Crippen LogP contribution in [-0.4, -0.2) is 35.5 Å². The quantitative estimate of drug-likeness (QED) is 0.457. The third-order valence-corrected chi connectivity index (χ3v) is 5.47. The lowest BCUT2D eigenvalue weighted by Crippen LogP contribution is -2.44. The molecule has 1 saturated carbocycles. The molecule has 1 fully saturated rings. The van der Waals surface area contributed by atoms with Gasteiger partial charge in [-0.25, -0.2) is 4.79 Å². The first-order chi connectivity index (χ1) is 14.9. The van der Waals surface area contributed by atoms with E-state index in [4.69, 9.17) is 4.74 Å². The van der Waals surface area contributed by atoms with E-state index in [-0.39, 0.29) is 18.0 Å². The lowest BCUT2D eigenvalue weighted by molar-refractivity contribution is -0.143. The van der Waals surface area contributed by atoms with E-state index < -0.39 is 18.5 Å². The third-order valence-electron chi connectivity index (χ3n) is 5.47. The molecule has 0 bridgehead atoms. The van der Waals surface area contributed by atoms with Crippen molar-refractivity contribution < 1.29 is 19.1 Å². The maximum atomic E-state index is 12.6. The first-order valence-corrected chi connectivity index (χ1v) is 10.1. The highest BCUT2D eigenvalue weighted by molar-refractivity contribution is 6.10. The van der Waals surface area contributed by atoms with Crippen LogP contribution in [0.15, 0.2) is 35.9 Å². The van der Waals surface area contributed by atoms with Crippen molar-refractivity contribution in [2.45, 2.75) is 32.7 Å². The van der Waals surface area contributed by atoms with Crippen LogP contribution in [0, 0.1) is 25.2 Å². The topological polar surface area (TPSA) is 104 Å². The number of benzene rings is 1. The van der Waals surface area contributed by atoms with E-state index in [2.05, 4.69) is 9.88 Å². The summed E-state index contributed by atoms with van der Waals surface area (Å²) in [6, 6.07) is 11.2. The molecule has 1 aromatic carbocycles. The first kappa shape index (κ1) is 20.4.